The maximum absolute atomic E-state index is 12.0. The maximum Gasteiger partial charge on any atom is 0.231 e. The van der Waals surface area contributed by atoms with Crippen LogP contribution >= 0.6 is 45.9 Å². The van der Waals surface area contributed by atoms with Crippen molar-refractivity contribution in [2.75, 3.05) is 20.4 Å². The van der Waals surface area contributed by atoms with Crippen molar-refractivity contribution in [1.82, 2.24) is 30.4 Å². The monoisotopic (exact) mass is 754 g/mol. The molecular formula is C37H41Cl2FN6O2S2. The Hall–Kier alpha value is -4.13. The third-order valence-electron chi connectivity index (χ3n) is 6.24. The predicted octanol–water partition coefficient (Wildman–Crippen LogP) is 10.2. The van der Waals surface area contributed by atoms with E-state index in [1.807, 2.05) is 108 Å². The molecule has 0 saturated carbocycles. The van der Waals surface area contributed by atoms with Gasteiger partial charge in [0.05, 0.1) is 43.0 Å². The van der Waals surface area contributed by atoms with Crippen molar-refractivity contribution >= 4 is 56.1 Å². The number of aromatic nitrogens is 4. The average Bonchev–Trinajstić information content (AvgIpc) is 3.89. The zero-order valence-electron chi connectivity index (χ0n) is 29.1. The summed E-state index contributed by atoms with van der Waals surface area (Å²) < 4.78 is 23.6. The van der Waals surface area contributed by atoms with E-state index < -0.39 is 0 Å². The molecule has 0 saturated heterocycles. The number of nitrogens with zero attached hydrogens (tertiary/aromatic N) is 5. The van der Waals surface area contributed by atoms with Crippen molar-refractivity contribution in [2.24, 2.45) is 0 Å². The molecule has 264 valence electrons. The number of hydrogen-bond acceptors (Lipinski definition) is 10. The molecule has 2 aliphatic rings. The highest BCUT2D eigenvalue weighted by atomic mass is 35.5. The highest BCUT2D eigenvalue weighted by Gasteiger charge is 2.11. The maximum atomic E-state index is 12.0. The summed E-state index contributed by atoms with van der Waals surface area (Å²) in [4.78, 5) is 16.1. The molecule has 0 unspecified atom stereocenters. The smallest absolute Gasteiger partial charge is 0.231 e. The van der Waals surface area contributed by atoms with Crippen LogP contribution in [0.1, 0.15) is 32.7 Å². The minimum absolute atomic E-state index is 0.282. The fourth-order valence-corrected chi connectivity index (χ4v) is 5.60. The number of thiazole rings is 2. The molecule has 0 atom stereocenters. The van der Waals surface area contributed by atoms with Gasteiger partial charge in [-0.1, -0.05) is 41.4 Å². The number of aryl methyl sites for hydroxylation is 6. The molecule has 8 rings (SSSR count). The van der Waals surface area contributed by atoms with Crippen molar-refractivity contribution in [3.8, 4) is 11.5 Å². The van der Waals surface area contributed by atoms with Crippen LogP contribution in [0.5, 0.6) is 11.5 Å². The summed E-state index contributed by atoms with van der Waals surface area (Å²) in [6, 6.07) is 20.8. The summed E-state index contributed by atoms with van der Waals surface area (Å²) in [5, 5.41) is 7.73. The molecule has 6 heterocycles. The SMILES string of the molecule is CN1C=C(Cl)CN1.Cc1ccc(Cl)cn1.Cc1ccc(F)cn1.Cc1ccc2c(c1)OCO2.Cc1csc(C)n1.Cc1nc2ccccc2s1. The number of halogens is 3. The summed E-state index contributed by atoms with van der Waals surface area (Å²) in [6.45, 7) is 13.0. The lowest BCUT2D eigenvalue weighted by Crippen LogP contribution is -2.23. The second-order valence-electron chi connectivity index (χ2n) is 10.8. The second-order valence-corrected chi connectivity index (χ2v) is 14.0. The summed E-state index contributed by atoms with van der Waals surface area (Å²) in [5.41, 5.74) is 8.25. The lowest BCUT2D eigenvalue weighted by atomic mass is 10.2. The Bertz CT molecular complexity index is 1780. The van der Waals surface area contributed by atoms with Gasteiger partial charge in [0.25, 0.3) is 0 Å². The Kier molecular flexibility index (Phi) is 17.1. The van der Waals surface area contributed by atoms with Gasteiger partial charge in [-0.25, -0.2) is 19.8 Å². The number of pyridine rings is 2. The van der Waals surface area contributed by atoms with Crippen LogP contribution in [-0.4, -0.2) is 45.3 Å². The fourth-order valence-electron chi connectivity index (χ4n) is 3.86. The number of ether oxygens (including phenoxy) is 2. The van der Waals surface area contributed by atoms with Gasteiger partial charge in [-0.3, -0.25) is 9.97 Å². The fraction of sp³-hybridized carbons (Fsp3) is 0.243. The standard InChI is InChI=1S/C8H7NS.C8H8O2.C6H6ClN.C6H6FN.C5H7NS.C4H7ClN2/c1-6-9-7-4-2-3-5-8(7)10-6;1-6-2-3-7-8(4-6)10-5-9-7;2*1-5-2-3-6(7)4-8-5;1-4-3-7-5(2)6-4;1-7-3-4(5)2-6-7/h2-5H,1H3;2-4H,5H2,1H3;2*2-4H,1H3;3H,1-2H3;3,6H,2H2,1H3. The molecule has 4 aromatic heterocycles. The Balaban J connectivity index is 0.000000163. The summed E-state index contributed by atoms with van der Waals surface area (Å²) in [7, 11) is 1.91. The molecule has 0 radical (unpaired) electrons. The molecule has 8 nitrogen and oxygen atoms in total. The molecule has 50 heavy (non-hydrogen) atoms. The van der Waals surface area contributed by atoms with Crippen molar-refractivity contribution in [2.45, 2.75) is 41.5 Å². The van der Waals surface area contributed by atoms with Crippen molar-refractivity contribution < 1.29 is 13.9 Å². The quantitative estimate of drug-likeness (QED) is 0.164. The van der Waals surface area contributed by atoms with Crippen LogP contribution in [0.4, 0.5) is 4.39 Å². The zero-order chi connectivity index (χ0) is 36.5. The highest BCUT2D eigenvalue weighted by molar-refractivity contribution is 7.18. The topological polar surface area (TPSA) is 85.3 Å². The van der Waals surface area contributed by atoms with Crippen molar-refractivity contribution in [3.05, 3.63) is 139 Å². The van der Waals surface area contributed by atoms with Crippen LogP contribution in [0.25, 0.3) is 10.2 Å². The van der Waals surface area contributed by atoms with E-state index in [0.29, 0.717) is 11.8 Å². The Morgan fingerprint density at radius 3 is 1.96 bits per heavy atom. The number of hydrazine groups is 1. The number of para-hydroxylation sites is 1. The van der Waals surface area contributed by atoms with Crippen LogP contribution in [0.2, 0.25) is 5.02 Å². The van der Waals surface area contributed by atoms with Gasteiger partial charge in [0.2, 0.25) is 6.79 Å². The van der Waals surface area contributed by atoms with E-state index in [0.717, 1.165) is 55.7 Å². The highest BCUT2D eigenvalue weighted by Crippen LogP contribution is 2.32. The number of nitrogens with one attached hydrogen (secondary N) is 1. The van der Waals surface area contributed by atoms with Gasteiger partial charge < -0.3 is 14.5 Å². The van der Waals surface area contributed by atoms with E-state index >= 15 is 0 Å². The first kappa shape index (κ1) is 40.3. The van der Waals surface area contributed by atoms with Crippen LogP contribution in [0, 0.1) is 47.4 Å². The van der Waals surface area contributed by atoms with Crippen LogP contribution in [-0.2, 0) is 0 Å². The van der Waals surface area contributed by atoms with Gasteiger partial charge in [0.15, 0.2) is 11.5 Å². The van der Waals surface area contributed by atoms with E-state index in [9.17, 15) is 4.39 Å². The van der Waals surface area contributed by atoms with Crippen molar-refractivity contribution in [3.63, 3.8) is 0 Å². The molecule has 13 heteroatoms. The Morgan fingerprint density at radius 1 is 0.780 bits per heavy atom. The first-order valence-corrected chi connectivity index (χ1v) is 17.9. The van der Waals surface area contributed by atoms with Gasteiger partial charge in [0.1, 0.15) is 5.82 Å². The normalized spacial score (nSPS) is 12.0. The minimum atomic E-state index is -0.282. The lowest BCUT2D eigenvalue weighted by Gasteiger charge is -2.04. The predicted molar refractivity (Wildman–Crippen MR) is 206 cm³/mol. The van der Waals surface area contributed by atoms with Crippen LogP contribution < -0.4 is 14.9 Å². The van der Waals surface area contributed by atoms with E-state index in [1.165, 1.54) is 22.5 Å². The summed E-state index contributed by atoms with van der Waals surface area (Å²) >= 11 is 14.5. The molecule has 2 aromatic carbocycles. The Morgan fingerprint density at radius 2 is 1.48 bits per heavy atom. The van der Waals surface area contributed by atoms with Gasteiger partial charge >= 0.3 is 0 Å². The van der Waals surface area contributed by atoms with Crippen molar-refractivity contribution in [1.29, 1.82) is 0 Å². The number of benzene rings is 2. The van der Waals surface area contributed by atoms with Gasteiger partial charge in [-0.2, -0.15) is 0 Å². The van der Waals surface area contributed by atoms with Crippen LogP contribution in [0.15, 0.2) is 95.7 Å². The van der Waals surface area contributed by atoms with Crippen LogP contribution in [0.3, 0.4) is 0 Å². The van der Waals surface area contributed by atoms with Gasteiger partial charge in [-0.15, -0.1) is 22.7 Å². The Labute approximate surface area is 311 Å². The van der Waals surface area contributed by atoms with E-state index in [4.69, 9.17) is 32.7 Å². The summed E-state index contributed by atoms with van der Waals surface area (Å²) in [5.74, 6) is 1.43. The van der Waals surface area contributed by atoms with Gasteiger partial charge in [0, 0.05) is 41.9 Å². The molecular weight excluding hydrogens is 714 g/mol. The molecule has 2 aliphatic heterocycles. The lowest BCUT2D eigenvalue weighted by molar-refractivity contribution is 0.174. The third kappa shape index (κ3) is 15.6. The molecule has 0 aliphatic carbocycles. The molecule has 0 bridgehead atoms. The summed E-state index contributed by atoms with van der Waals surface area (Å²) in [6.07, 6.45) is 4.69. The van der Waals surface area contributed by atoms with E-state index in [2.05, 4.69) is 36.8 Å². The van der Waals surface area contributed by atoms with Gasteiger partial charge in [-0.05, 0) is 95.6 Å². The molecule has 6 aromatic rings. The third-order valence-corrected chi connectivity index (χ3v) is 8.54. The molecule has 0 fully saturated rings. The number of fused-ring (bicyclic) bond motifs is 2. The molecule has 0 spiro atoms. The first-order chi connectivity index (χ1) is 23.9. The minimum Gasteiger partial charge on any atom is -0.454 e. The zero-order valence-corrected chi connectivity index (χ0v) is 32.2. The largest absolute Gasteiger partial charge is 0.454 e. The first-order valence-electron chi connectivity index (χ1n) is 15.4. The molecule has 0 amide bonds. The number of rotatable bonds is 0. The average molecular weight is 756 g/mol. The second kappa shape index (κ2) is 21.2. The molecule has 1 N–H and O–H groups in total. The number of hydrogen-bond donors (Lipinski definition) is 1. The van der Waals surface area contributed by atoms with E-state index in [-0.39, 0.29) is 5.82 Å². The van der Waals surface area contributed by atoms with E-state index in [1.54, 1.807) is 34.9 Å².